The van der Waals surface area contributed by atoms with E-state index in [1.54, 1.807) is 17.0 Å². The molecule has 1 heterocycles. The number of phenolic OH excluding ortho intramolecular Hbond substituents is 1. The summed E-state index contributed by atoms with van der Waals surface area (Å²) in [6.07, 6.45) is 2.73. The van der Waals surface area contributed by atoms with Gasteiger partial charge in [0, 0.05) is 11.0 Å². The molecule has 3 N–H and O–H groups in total. The number of halogens is 1. The number of hydrogen-bond acceptors (Lipinski definition) is 3. The van der Waals surface area contributed by atoms with Crippen molar-refractivity contribution in [3.63, 3.8) is 0 Å². The molecule has 0 bridgehead atoms. The highest BCUT2D eigenvalue weighted by atomic mass is 79.9. The Kier molecular flexibility index (Phi) is 4.42. The van der Waals surface area contributed by atoms with E-state index in [9.17, 15) is 9.90 Å². The van der Waals surface area contributed by atoms with Gasteiger partial charge in [-0.15, -0.1) is 0 Å². The van der Waals surface area contributed by atoms with E-state index >= 15 is 0 Å². The van der Waals surface area contributed by atoms with Crippen molar-refractivity contribution in [3.05, 3.63) is 28.2 Å². The monoisotopic (exact) mass is 342 g/mol. The predicted octanol–water partition coefficient (Wildman–Crippen LogP) is 2.44. The van der Waals surface area contributed by atoms with Crippen LogP contribution in [0.25, 0.3) is 0 Å². The van der Waals surface area contributed by atoms with Crippen LogP contribution in [0.15, 0.2) is 22.7 Å². The fourth-order valence-electron chi connectivity index (χ4n) is 2.31. The molecule has 1 unspecified atom stereocenters. The Balaban J connectivity index is 2.28. The number of phenols is 1. The molecule has 1 fully saturated rings. The standard InChI is InChI=1S/C13H15BrN2O2S/c14-8-4-5-9(11(17)7-8)13(18)16-6-2-1-3-10(16)12(15)19/h4-5,7,10,17H,1-3,6H2,(H2,15,19). The quantitative estimate of drug-likeness (QED) is 0.810. The highest BCUT2D eigenvalue weighted by Crippen LogP contribution is 2.26. The lowest BCUT2D eigenvalue weighted by Gasteiger charge is -2.35. The second-order valence-corrected chi connectivity index (χ2v) is 5.96. The number of benzene rings is 1. The molecule has 0 aliphatic carbocycles. The van der Waals surface area contributed by atoms with Crippen LogP contribution in [-0.2, 0) is 0 Å². The molecule has 0 saturated carbocycles. The van der Waals surface area contributed by atoms with Gasteiger partial charge in [0.25, 0.3) is 5.91 Å². The molecule has 0 spiro atoms. The van der Waals surface area contributed by atoms with Crippen LogP contribution < -0.4 is 5.73 Å². The van der Waals surface area contributed by atoms with Crippen LogP contribution in [0.2, 0.25) is 0 Å². The van der Waals surface area contributed by atoms with Crippen LogP contribution >= 0.6 is 28.1 Å². The van der Waals surface area contributed by atoms with Crippen molar-refractivity contribution in [2.45, 2.75) is 25.3 Å². The van der Waals surface area contributed by atoms with E-state index in [4.69, 9.17) is 18.0 Å². The van der Waals surface area contributed by atoms with E-state index < -0.39 is 0 Å². The van der Waals surface area contributed by atoms with Crippen LogP contribution in [0.5, 0.6) is 5.75 Å². The van der Waals surface area contributed by atoms with E-state index in [1.807, 2.05) is 0 Å². The van der Waals surface area contributed by atoms with Gasteiger partial charge >= 0.3 is 0 Å². The van der Waals surface area contributed by atoms with Crippen molar-refractivity contribution in [2.75, 3.05) is 6.54 Å². The molecule has 1 atom stereocenters. The first-order valence-corrected chi connectivity index (χ1v) is 7.29. The number of aromatic hydroxyl groups is 1. The van der Waals surface area contributed by atoms with E-state index in [0.717, 1.165) is 23.7 Å². The zero-order chi connectivity index (χ0) is 14.0. The van der Waals surface area contributed by atoms with E-state index in [-0.39, 0.29) is 23.3 Å². The number of nitrogens with zero attached hydrogens (tertiary/aromatic N) is 1. The summed E-state index contributed by atoms with van der Waals surface area (Å²) in [6.45, 7) is 0.621. The summed E-state index contributed by atoms with van der Waals surface area (Å²) in [5.41, 5.74) is 5.99. The Morgan fingerprint density at radius 1 is 1.47 bits per heavy atom. The lowest BCUT2D eigenvalue weighted by Crippen LogP contribution is -2.49. The molecule has 6 heteroatoms. The average Bonchev–Trinajstić information content (AvgIpc) is 2.38. The maximum absolute atomic E-state index is 12.5. The number of nitrogens with two attached hydrogens (primary N) is 1. The number of thiocarbonyl (C=S) groups is 1. The summed E-state index contributed by atoms with van der Waals surface area (Å²) >= 11 is 8.28. The second-order valence-electron chi connectivity index (χ2n) is 4.57. The Hall–Kier alpha value is -1.14. The third kappa shape index (κ3) is 3.06. The molecule has 2 rings (SSSR count). The largest absolute Gasteiger partial charge is 0.507 e. The minimum Gasteiger partial charge on any atom is -0.507 e. The molecule has 19 heavy (non-hydrogen) atoms. The number of likely N-dealkylation sites (tertiary alicyclic amines) is 1. The van der Waals surface area contributed by atoms with Crippen molar-refractivity contribution in [2.24, 2.45) is 5.73 Å². The fraction of sp³-hybridized carbons (Fsp3) is 0.385. The maximum atomic E-state index is 12.5. The van der Waals surface area contributed by atoms with Crippen LogP contribution in [-0.4, -0.2) is 33.5 Å². The first-order chi connectivity index (χ1) is 9.00. The van der Waals surface area contributed by atoms with Gasteiger partial charge in [0.1, 0.15) is 5.75 Å². The van der Waals surface area contributed by atoms with E-state index in [1.165, 1.54) is 6.07 Å². The summed E-state index contributed by atoms with van der Waals surface area (Å²) in [7, 11) is 0. The first kappa shape index (κ1) is 14.3. The van der Waals surface area contributed by atoms with E-state index in [0.29, 0.717) is 11.5 Å². The summed E-state index contributed by atoms with van der Waals surface area (Å²) in [5, 5.41) is 9.88. The van der Waals surface area contributed by atoms with Crippen molar-refractivity contribution in [3.8, 4) is 5.75 Å². The van der Waals surface area contributed by atoms with Crippen LogP contribution in [0.3, 0.4) is 0 Å². The molecule has 4 nitrogen and oxygen atoms in total. The SMILES string of the molecule is NC(=S)C1CCCCN1C(=O)c1ccc(Br)cc1O. The van der Waals surface area contributed by atoms with Gasteiger partial charge in [-0.2, -0.15) is 0 Å². The maximum Gasteiger partial charge on any atom is 0.258 e. The van der Waals surface area contributed by atoms with Gasteiger partial charge in [-0.3, -0.25) is 4.79 Å². The molecule has 0 aromatic heterocycles. The third-order valence-electron chi connectivity index (χ3n) is 3.28. The Bertz CT molecular complexity index is 521. The number of piperidine rings is 1. The number of amides is 1. The van der Waals surface area contributed by atoms with Crippen molar-refractivity contribution >= 4 is 39.0 Å². The van der Waals surface area contributed by atoms with Crippen LogP contribution in [0.1, 0.15) is 29.6 Å². The minimum atomic E-state index is -0.220. The topological polar surface area (TPSA) is 66.6 Å². The zero-order valence-corrected chi connectivity index (χ0v) is 12.7. The van der Waals surface area contributed by atoms with Gasteiger partial charge in [0.15, 0.2) is 0 Å². The van der Waals surface area contributed by atoms with Gasteiger partial charge < -0.3 is 15.7 Å². The highest BCUT2D eigenvalue weighted by molar-refractivity contribution is 9.10. The lowest BCUT2D eigenvalue weighted by atomic mass is 10.0. The van der Waals surface area contributed by atoms with Gasteiger partial charge in [-0.1, -0.05) is 28.1 Å². The highest BCUT2D eigenvalue weighted by Gasteiger charge is 2.30. The molecule has 0 radical (unpaired) electrons. The first-order valence-electron chi connectivity index (χ1n) is 6.09. The predicted molar refractivity (Wildman–Crippen MR) is 81.3 cm³/mol. The third-order valence-corrected chi connectivity index (χ3v) is 4.05. The van der Waals surface area contributed by atoms with Crippen molar-refractivity contribution in [1.82, 2.24) is 4.90 Å². The van der Waals surface area contributed by atoms with Crippen molar-refractivity contribution in [1.29, 1.82) is 0 Å². The molecular weight excluding hydrogens is 328 g/mol. The molecule has 1 saturated heterocycles. The van der Waals surface area contributed by atoms with Crippen LogP contribution in [0, 0.1) is 0 Å². The zero-order valence-electron chi connectivity index (χ0n) is 10.3. The van der Waals surface area contributed by atoms with Gasteiger partial charge in [0.05, 0.1) is 16.6 Å². The lowest BCUT2D eigenvalue weighted by molar-refractivity contribution is 0.0678. The van der Waals surface area contributed by atoms with Crippen LogP contribution in [0.4, 0.5) is 0 Å². The van der Waals surface area contributed by atoms with Gasteiger partial charge in [-0.25, -0.2) is 0 Å². The fourth-order valence-corrected chi connectivity index (χ4v) is 2.90. The molecular formula is C13H15BrN2O2S. The van der Waals surface area contributed by atoms with Gasteiger partial charge in [0.2, 0.25) is 0 Å². The number of carbonyl (C=O) groups excluding carboxylic acids is 1. The minimum absolute atomic E-state index is 0.0355. The molecule has 1 aromatic rings. The summed E-state index contributed by atoms with van der Waals surface area (Å²) in [5.74, 6) is -0.255. The Morgan fingerprint density at radius 3 is 2.84 bits per heavy atom. The molecule has 1 aliphatic rings. The number of carbonyl (C=O) groups is 1. The number of hydrogen-bond donors (Lipinski definition) is 2. The normalized spacial score (nSPS) is 19.2. The summed E-state index contributed by atoms with van der Waals surface area (Å²) < 4.78 is 0.728. The average molecular weight is 343 g/mol. The number of rotatable bonds is 2. The summed E-state index contributed by atoms with van der Waals surface area (Å²) in [6, 6.07) is 4.63. The van der Waals surface area contributed by atoms with E-state index in [2.05, 4.69) is 15.9 Å². The van der Waals surface area contributed by atoms with Gasteiger partial charge in [-0.05, 0) is 37.5 Å². The van der Waals surface area contributed by atoms with Crippen molar-refractivity contribution < 1.29 is 9.90 Å². The Labute approximate surface area is 125 Å². The second kappa shape index (κ2) is 5.88. The molecule has 1 aliphatic heterocycles. The summed E-state index contributed by atoms with van der Waals surface area (Å²) in [4.78, 5) is 14.5. The Morgan fingerprint density at radius 2 is 2.21 bits per heavy atom. The molecule has 102 valence electrons. The molecule has 1 amide bonds. The smallest absolute Gasteiger partial charge is 0.258 e. The molecule has 1 aromatic carbocycles.